The monoisotopic (exact) mass is 398 g/mol. The van der Waals surface area contributed by atoms with E-state index in [-0.39, 0.29) is 5.41 Å². The van der Waals surface area contributed by atoms with Crippen molar-refractivity contribution in [1.29, 1.82) is 0 Å². The van der Waals surface area contributed by atoms with E-state index in [1.807, 2.05) is 6.07 Å². The van der Waals surface area contributed by atoms with Gasteiger partial charge < -0.3 is 10.5 Å². The van der Waals surface area contributed by atoms with Crippen LogP contribution in [0.15, 0.2) is 36.4 Å². The molecule has 0 amide bonds. The van der Waals surface area contributed by atoms with Crippen LogP contribution < -0.4 is 10.5 Å². The van der Waals surface area contributed by atoms with E-state index < -0.39 is 0 Å². The number of nitrogens with two attached hydrogens (primary N) is 1. The van der Waals surface area contributed by atoms with Gasteiger partial charge in [-0.05, 0) is 68.9 Å². The number of halogens is 1. The fourth-order valence-corrected chi connectivity index (χ4v) is 4.87. The molecule has 4 heteroatoms. The summed E-state index contributed by atoms with van der Waals surface area (Å²) >= 11 is 6.23. The van der Waals surface area contributed by atoms with Crippen LogP contribution in [0.25, 0.3) is 0 Å². The normalized spacial score (nSPS) is 24.5. The molecule has 2 aromatic carbocycles. The fourth-order valence-electron chi connectivity index (χ4n) is 4.67. The largest absolute Gasteiger partial charge is 0.492 e. The Bertz CT molecular complexity index is 852. The van der Waals surface area contributed by atoms with Gasteiger partial charge in [0.25, 0.3) is 0 Å². The highest BCUT2D eigenvalue weighted by molar-refractivity contribution is 6.30. The first kappa shape index (κ1) is 19.8. The second-order valence-corrected chi connectivity index (χ2v) is 9.08. The zero-order valence-electron chi connectivity index (χ0n) is 17.0. The molecule has 2 aliphatic rings. The third kappa shape index (κ3) is 3.80. The molecule has 0 aromatic heterocycles. The van der Waals surface area contributed by atoms with Gasteiger partial charge in [0.15, 0.2) is 0 Å². The molecule has 1 aliphatic heterocycles. The minimum atomic E-state index is -0.135. The highest BCUT2D eigenvalue weighted by Crippen LogP contribution is 2.39. The Morgan fingerprint density at radius 1 is 1.25 bits per heavy atom. The first-order valence-corrected chi connectivity index (χ1v) is 10.8. The van der Waals surface area contributed by atoms with E-state index in [4.69, 9.17) is 22.1 Å². The summed E-state index contributed by atoms with van der Waals surface area (Å²) in [5, 5.41) is 0.803. The number of fused-ring (bicyclic) bond motifs is 1. The Hall–Kier alpha value is -1.55. The first-order valence-electron chi connectivity index (χ1n) is 10.5. The van der Waals surface area contributed by atoms with Crippen LogP contribution >= 0.6 is 11.6 Å². The zero-order chi connectivity index (χ0) is 19.7. The molecule has 0 unspecified atom stereocenters. The van der Waals surface area contributed by atoms with Gasteiger partial charge in [0.1, 0.15) is 5.75 Å². The Morgan fingerprint density at radius 2 is 2.11 bits per heavy atom. The average molecular weight is 399 g/mol. The SMILES string of the molecule is Cc1ccc(OC[C@@]2(CN)CCCc3cc(Cl)ccc32)c(CN2CC[C@H]2C)c1. The van der Waals surface area contributed by atoms with Gasteiger partial charge in [-0.2, -0.15) is 0 Å². The van der Waals surface area contributed by atoms with Crippen LogP contribution in [0, 0.1) is 6.92 Å². The summed E-state index contributed by atoms with van der Waals surface area (Å²) in [4.78, 5) is 2.51. The summed E-state index contributed by atoms with van der Waals surface area (Å²) in [6, 6.07) is 13.4. The summed E-state index contributed by atoms with van der Waals surface area (Å²) in [6.07, 6.45) is 4.54. The number of rotatable bonds is 6. The second-order valence-electron chi connectivity index (χ2n) is 8.65. The number of benzene rings is 2. The molecular weight excluding hydrogens is 368 g/mol. The molecule has 0 spiro atoms. The van der Waals surface area contributed by atoms with Crippen LogP contribution in [0.5, 0.6) is 5.75 Å². The Labute approximate surface area is 173 Å². The highest BCUT2D eigenvalue weighted by Gasteiger charge is 2.36. The van der Waals surface area contributed by atoms with Crippen molar-refractivity contribution in [2.75, 3.05) is 19.7 Å². The average Bonchev–Trinajstić information content (AvgIpc) is 2.69. The van der Waals surface area contributed by atoms with E-state index in [0.717, 1.165) is 36.6 Å². The Kier molecular flexibility index (Phi) is 5.69. The first-order chi connectivity index (χ1) is 13.5. The number of hydrogen-bond acceptors (Lipinski definition) is 3. The maximum atomic E-state index is 6.48. The van der Waals surface area contributed by atoms with Crippen molar-refractivity contribution < 1.29 is 4.74 Å². The van der Waals surface area contributed by atoms with Gasteiger partial charge in [-0.3, -0.25) is 4.90 Å². The maximum Gasteiger partial charge on any atom is 0.123 e. The van der Waals surface area contributed by atoms with E-state index in [1.54, 1.807) is 0 Å². The van der Waals surface area contributed by atoms with Crippen LogP contribution in [0.2, 0.25) is 5.02 Å². The van der Waals surface area contributed by atoms with Gasteiger partial charge in [0, 0.05) is 41.7 Å². The molecule has 4 rings (SSSR count). The molecule has 150 valence electrons. The van der Waals surface area contributed by atoms with E-state index >= 15 is 0 Å². The van der Waals surface area contributed by atoms with Gasteiger partial charge >= 0.3 is 0 Å². The number of likely N-dealkylation sites (tertiary alicyclic amines) is 1. The number of hydrogen-bond donors (Lipinski definition) is 1. The smallest absolute Gasteiger partial charge is 0.123 e. The van der Waals surface area contributed by atoms with Crippen LogP contribution in [-0.4, -0.2) is 30.6 Å². The summed E-state index contributed by atoms with van der Waals surface area (Å²) in [6.45, 7) is 7.79. The summed E-state index contributed by atoms with van der Waals surface area (Å²) in [5.41, 5.74) is 11.4. The standard InChI is InChI=1S/C24H31ClN2O/c1-17-5-8-23(20(12-17)14-27-11-9-18(27)2)28-16-24(15-26)10-3-4-19-13-21(25)6-7-22(19)24/h5-8,12-13,18H,3-4,9-11,14-16,26H2,1-2H3/t18-,24+/m1/s1. The van der Waals surface area contributed by atoms with Crippen LogP contribution in [0.3, 0.4) is 0 Å². The van der Waals surface area contributed by atoms with Gasteiger partial charge in [-0.25, -0.2) is 0 Å². The molecule has 2 aromatic rings. The van der Waals surface area contributed by atoms with Gasteiger partial charge in [-0.15, -0.1) is 0 Å². The molecule has 1 heterocycles. The minimum Gasteiger partial charge on any atom is -0.492 e. The molecule has 2 atom stereocenters. The van der Waals surface area contributed by atoms with Crippen molar-refractivity contribution in [2.45, 2.75) is 57.5 Å². The molecule has 1 saturated heterocycles. The fraction of sp³-hybridized carbons (Fsp3) is 0.500. The maximum absolute atomic E-state index is 6.48. The van der Waals surface area contributed by atoms with Crippen LogP contribution in [-0.2, 0) is 18.4 Å². The van der Waals surface area contributed by atoms with Crippen molar-refractivity contribution in [2.24, 2.45) is 5.73 Å². The van der Waals surface area contributed by atoms with Gasteiger partial charge in [-0.1, -0.05) is 35.4 Å². The molecule has 0 bridgehead atoms. The number of ether oxygens (including phenoxy) is 1. The van der Waals surface area contributed by atoms with Crippen molar-refractivity contribution in [3.8, 4) is 5.75 Å². The topological polar surface area (TPSA) is 38.5 Å². The molecule has 0 saturated carbocycles. The predicted molar refractivity (Wildman–Crippen MR) is 116 cm³/mol. The number of aryl methyl sites for hydroxylation is 2. The summed E-state index contributed by atoms with van der Waals surface area (Å²) in [5.74, 6) is 0.999. The van der Waals surface area contributed by atoms with Gasteiger partial charge in [0.05, 0.1) is 6.61 Å². The van der Waals surface area contributed by atoms with Crippen LogP contribution in [0.1, 0.15) is 48.4 Å². The molecule has 0 radical (unpaired) electrons. The molecular formula is C24H31ClN2O. The lowest BCUT2D eigenvalue weighted by Crippen LogP contribution is -2.45. The predicted octanol–water partition coefficient (Wildman–Crippen LogP) is 4.85. The van der Waals surface area contributed by atoms with Gasteiger partial charge in [0.2, 0.25) is 0 Å². The van der Waals surface area contributed by atoms with E-state index in [2.05, 4.69) is 49.1 Å². The second kappa shape index (κ2) is 8.06. The lowest BCUT2D eigenvalue weighted by molar-refractivity contribution is 0.0937. The lowest BCUT2D eigenvalue weighted by Gasteiger charge is -2.40. The Morgan fingerprint density at radius 3 is 2.82 bits per heavy atom. The molecule has 1 fully saturated rings. The van der Waals surface area contributed by atoms with Crippen molar-refractivity contribution >= 4 is 11.6 Å². The van der Waals surface area contributed by atoms with E-state index in [9.17, 15) is 0 Å². The van der Waals surface area contributed by atoms with Crippen molar-refractivity contribution in [1.82, 2.24) is 4.90 Å². The third-order valence-corrected chi connectivity index (χ3v) is 6.92. The van der Waals surface area contributed by atoms with Crippen molar-refractivity contribution in [3.05, 3.63) is 63.7 Å². The molecule has 3 nitrogen and oxygen atoms in total. The van der Waals surface area contributed by atoms with Crippen molar-refractivity contribution in [3.63, 3.8) is 0 Å². The molecule has 2 N–H and O–H groups in total. The summed E-state index contributed by atoms with van der Waals surface area (Å²) < 4.78 is 6.48. The molecule has 28 heavy (non-hydrogen) atoms. The highest BCUT2D eigenvalue weighted by atomic mass is 35.5. The zero-order valence-corrected chi connectivity index (χ0v) is 17.8. The minimum absolute atomic E-state index is 0.135. The quantitative estimate of drug-likeness (QED) is 0.755. The summed E-state index contributed by atoms with van der Waals surface area (Å²) in [7, 11) is 0. The number of nitrogens with zero attached hydrogens (tertiary/aromatic N) is 1. The van der Waals surface area contributed by atoms with Crippen LogP contribution in [0.4, 0.5) is 0 Å². The van der Waals surface area contributed by atoms with E-state index in [0.29, 0.717) is 19.2 Å². The van der Waals surface area contributed by atoms with E-state index in [1.165, 1.54) is 35.2 Å². The Balaban J connectivity index is 1.57. The lowest BCUT2D eigenvalue weighted by atomic mass is 9.70. The third-order valence-electron chi connectivity index (χ3n) is 6.68. The molecule has 1 aliphatic carbocycles.